The number of hydrogen-bond donors (Lipinski definition) is 1. The number of hydrogen-bond acceptors (Lipinski definition) is 6. The first kappa shape index (κ1) is 19.2. The van der Waals surface area contributed by atoms with E-state index < -0.39 is 0 Å². The highest BCUT2D eigenvalue weighted by Gasteiger charge is 2.10. The molecule has 0 saturated carbocycles. The lowest BCUT2D eigenvalue weighted by atomic mass is 10.1. The van der Waals surface area contributed by atoms with Gasteiger partial charge in [0.1, 0.15) is 23.6 Å². The summed E-state index contributed by atoms with van der Waals surface area (Å²) >= 11 is 0. The molecule has 0 unspecified atom stereocenters. The summed E-state index contributed by atoms with van der Waals surface area (Å²) in [6.45, 7) is 0.268. The fourth-order valence-corrected chi connectivity index (χ4v) is 2.63. The molecule has 0 saturated heterocycles. The molecule has 28 heavy (non-hydrogen) atoms. The normalized spacial score (nSPS) is 10.2. The number of nitrogens with zero attached hydrogens (tertiary/aromatic N) is 2. The Labute approximate surface area is 163 Å². The Bertz CT molecular complexity index is 936. The molecular weight excluding hydrogens is 358 g/mol. The van der Waals surface area contributed by atoms with Gasteiger partial charge in [-0.2, -0.15) is 0 Å². The number of ether oxygens (including phenoxy) is 3. The van der Waals surface area contributed by atoms with Gasteiger partial charge in [0.05, 0.1) is 39.3 Å². The Balaban J connectivity index is 1.71. The van der Waals surface area contributed by atoms with E-state index in [1.165, 1.54) is 20.5 Å². The number of amides is 1. The Hall–Kier alpha value is -3.61. The summed E-state index contributed by atoms with van der Waals surface area (Å²) in [7, 11) is 4.70. The lowest BCUT2D eigenvalue weighted by Gasteiger charge is -2.09. The summed E-state index contributed by atoms with van der Waals surface area (Å²) in [5, 5.41) is 2.85. The number of nitrogens with one attached hydrogen (secondary N) is 1. The van der Waals surface area contributed by atoms with Gasteiger partial charge in [-0.15, -0.1) is 0 Å². The summed E-state index contributed by atoms with van der Waals surface area (Å²) in [6, 6.07) is 14.4. The topological polar surface area (TPSA) is 82.6 Å². The van der Waals surface area contributed by atoms with Crippen LogP contribution in [0.3, 0.4) is 0 Å². The summed E-state index contributed by atoms with van der Waals surface area (Å²) in [4.78, 5) is 21.0. The Morgan fingerprint density at radius 3 is 2.11 bits per heavy atom. The fourth-order valence-electron chi connectivity index (χ4n) is 2.63. The molecule has 3 rings (SSSR count). The van der Waals surface area contributed by atoms with Crippen molar-refractivity contribution < 1.29 is 19.0 Å². The van der Waals surface area contributed by atoms with Crippen LogP contribution in [0.1, 0.15) is 16.1 Å². The molecule has 0 atom stereocenters. The van der Waals surface area contributed by atoms with E-state index >= 15 is 0 Å². The van der Waals surface area contributed by atoms with Crippen LogP contribution in [0, 0.1) is 0 Å². The van der Waals surface area contributed by atoms with Crippen LogP contribution >= 0.6 is 0 Å². The SMILES string of the molecule is COc1ccc(-c2cc(CNC(=O)c3cc(OC)cc(OC)c3)ncn2)cc1. The van der Waals surface area contributed by atoms with Crippen molar-refractivity contribution in [1.29, 1.82) is 0 Å². The van der Waals surface area contributed by atoms with Crippen molar-refractivity contribution >= 4 is 5.91 Å². The minimum atomic E-state index is -0.248. The molecule has 144 valence electrons. The molecule has 0 aliphatic heterocycles. The minimum Gasteiger partial charge on any atom is -0.497 e. The average molecular weight is 379 g/mol. The minimum absolute atomic E-state index is 0.248. The molecular formula is C21H21N3O4. The fraction of sp³-hybridized carbons (Fsp3) is 0.190. The van der Waals surface area contributed by atoms with Gasteiger partial charge in [-0.1, -0.05) is 0 Å². The second-order valence-corrected chi connectivity index (χ2v) is 5.91. The molecule has 0 bridgehead atoms. The summed E-state index contributed by atoms with van der Waals surface area (Å²) in [5.74, 6) is 1.63. The van der Waals surface area contributed by atoms with Crippen molar-refractivity contribution in [3.63, 3.8) is 0 Å². The molecule has 1 aromatic heterocycles. The average Bonchev–Trinajstić information content (AvgIpc) is 2.77. The number of rotatable bonds is 7. The molecule has 0 fully saturated rings. The highest BCUT2D eigenvalue weighted by atomic mass is 16.5. The van der Waals surface area contributed by atoms with Gasteiger partial charge in [0.25, 0.3) is 5.91 Å². The smallest absolute Gasteiger partial charge is 0.251 e. The second-order valence-electron chi connectivity index (χ2n) is 5.91. The lowest BCUT2D eigenvalue weighted by molar-refractivity contribution is 0.0949. The zero-order valence-corrected chi connectivity index (χ0v) is 15.9. The number of aromatic nitrogens is 2. The van der Waals surface area contributed by atoms with Crippen LogP contribution in [-0.2, 0) is 6.54 Å². The van der Waals surface area contributed by atoms with E-state index in [0.29, 0.717) is 22.8 Å². The molecule has 7 nitrogen and oxygen atoms in total. The van der Waals surface area contributed by atoms with Crippen LogP contribution in [0.5, 0.6) is 17.2 Å². The van der Waals surface area contributed by atoms with Crippen molar-refractivity contribution in [2.75, 3.05) is 21.3 Å². The first-order valence-corrected chi connectivity index (χ1v) is 8.59. The van der Waals surface area contributed by atoms with Crippen molar-refractivity contribution in [3.05, 3.63) is 66.1 Å². The van der Waals surface area contributed by atoms with Crippen LogP contribution in [0.15, 0.2) is 54.9 Å². The first-order valence-electron chi connectivity index (χ1n) is 8.59. The third kappa shape index (κ3) is 4.56. The Kier molecular flexibility index (Phi) is 6.06. The van der Waals surface area contributed by atoms with E-state index in [0.717, 1.165) is 17.0 Å². The summed E-state index contributed by atoms with van der Waals surface area (Å²) in [6.07, 6.45) is 1.48. The van der Waals surface area contributed by atoms with Crippen LogP contribution in [0.25, 0.3) is 11.3 Å². The number of benzene rings is 2. The molecule has 0 spiro atoms. The van der Waals surface area contributed by atoms with Gasteiger partial charge in [-0.25, -0.2) is 9.97 Å². The van der Waals surface area contributed by atoms with Crippen LogP contribution in [-0.4, -0.2) is 37.2 Å². The Morgan fingerprint density at radius 2 is 1.50 bits per heavy atom. The van der Waals surface area contributed by atoms with Crippen LogP contribution in [0.2, 0.25) is 0 Å². The summed E-state index contributed by atoms with van der Waals surface area (Å²) in [5.41, 5.74) is 2.85. The maximum atomic E-state index is 12.5. The molecule has 0 radical (unpaired) electrons. The number of carbonyl (C=O) groups is 1. The molecule has 7 heteroatoms. The molecule has 0 aliphatic rings. The lowest BCUT2D eigenvalue weighted by Crippen LogP contribution is -2.23. The second kappa shape index (κ2) is 8.85. The predicted octanol–water partition coefficient (Wildman–Crippen LogP) is 3.10. The summed E-state index contributed by atoms with van der Waals surface area (Å²) < 4.78 is 15.6. The van der Waals surface area contributed by atoms with Gasteiger partial charge < -0.3 is 19.5 Å². The zero-order valence-electron chi connectivity index (χ0n) is 15.9. The van der Waals surface area contributed by atoms with Crippen molar-refractivity contribution in [1.82, 2.24) is 15.3 Å². The maximum Gasteiger partial charge on any atom is 0.251 e. The number of carbonyl (C=O) groups excluding carboxylic acids is 1. The van der Waals surface area contributed by atoms with E-state index in [9.17, 15) is 4.79 Å². The third-order valence-corrected chi connectivity index (χ3v) is 4.15. The zero-order chi connectivity index (χ0) is 19.9. The molecule has 3 aromatic rings. The van der Waals surface area contributed by atoms with Gasteiger partial charge in [-0.05, 0) is 42.5 Å². The van der Waals surface area contributed by atoms with E-state index in [2.05, 4.69) is 15.3 Å². The van der Waals surface area contributed by atoms with Gasteiger partial charge >= 0.3 is 0 Å². The quantitative estimate of drug-likeness (QED) is 0.679. The molecule has 0 aliphatic carbocycles. The van der Waals surface area contributed by atoms with E-state index in [4.69, 9.17) is 14.2 Å². The van der Waals surface area contributed by atoms with E-state index in [1.807, 2.05) is 30.3 Å². The van der Waals surface area contributed by atoms with E-state index in [-0.39, 0.29) is 12.5 Å². The van der Waals surface area contributed by atoms with Crippen LogP contribution < -0.4 is 19.5 Å². The van der Waals surface area contributed by atoms with Gasteiger partial charge in [0.2, 0.25) is 0 Å². The van der Waals surface area contributed by atoms with Crippen LogP contribution in [0.4, 0.5) is 0 Å². The molecule has 1 amide bonds. The highest BCUT2D eigenvalue weighted by molar-refractivity contribution is 5.95. The van der Waals surface area contributed by atoms with Gasteiger partial charge in [0, 0.05) is 17.2 Å². The van der Waals surface area contributed by atoms with E-state index in [1.54, 1.807) is 25.3 Å². The van der Waals surface area contributed by atoms with Crippen molar-refractivity contribution in [2.45, 2.75) is 6.54 Å². The molecule has 1 N–H and O–H groups in total. The van der Waals surface area contributed by atoms with Crippen molar-refractivity contribution in [3.8, 4) is 28.5 Å². The monoisotopic (exact) mass is 379 g/mol. The largest absolute Gasteiger partial charge is 0.497 e. The first-order chi connectivity index (χ1) is 13.6. The standard InChI is InChI=1S/C21H21N3O4/c1-26-17-6-4-14(5-7-17)20-10-16(23-13-24-20)12-22-21(25)15-8-18(27-2)11-19(9-15)28-3/h4-11,13H,12H2,1-3H3,(H,22,25). The van der Waals surface area contributed by atoms with Gasteiger partial charge in [0.15, 0.2) is 0 Å². The van der Waals surface area contributed by atoms with Gasteiger partial charge in [-0.3, -0.25) is 4.79 Å². The predicted molar refractivity (Wildman–Crippen MR) is 105 cm³/mol. The highest BCUT2D eigenvalue weighted by Crippen LogP contribution is 2.23. The number of methoxy groups -OCH3 is 3. The Morgan fingerprint density at radius 1 is 0.857 bits per heavy atom. The van der Waals surface area contributed by atoms with Crippen molar-refractivity contribution in [2.24, 2.45) is 0 Å². The molecule has 2 aromatic carbocycles. The molecule has 1 heterocycles. The third-order valence-electron chi connectivity index (χ3n) is 4.15. The maximum absolute atomic E-state index is 12.5.